The van der Waals surface area contributed by atoms with Crippen LogP contribution in [0, 0.1) is 0 Å². The van der Waals surface area contributed by atoms with Crippen LogP contribution >= 0.6 is 15.9 Å². The summed E-state index contributed by atoms with van der Waals surface area (Å²) in [5.41, 5.74) is 6.94. The summed E-state index contributed by atoms with van der Waals surface area (Å²) in [5.74, 6) is -0.407. The number of amides is 1. The number of nitrogens with two attached hydrogens (primary N) is 1. The highest BCUT2D eigenvalue weighted by Crippen LogP contribution is 2.25. The zero-order valence-corrected chi connectivity index (χ0v) is 12.2. The fourth-order valence-electron chi connectivity index (χ4n) is 2.44. The normalized spacial score (nSPS) is 24.1. The molecule has 1 aliphatic heterocycles. The van der Waals surface area contributed by atoms with Crippen molar-refractivity contribution in [3.8, 4) is 0 Å². The van der Waals surface area contributed by atoms with Crippen LogP contribution in [0.25, 0.3) is 0 Å². The Morgan fingerprint density at radius 1 is 1.39 bits per heavy atom. The number of nitrogens with zero attached hydrogens (tertiary/aromatic N) is 1. The van der Waals surface area contributed by atoms with Gasteiger partial charge in [-0.3, -0.25) is 4.79 Å². The molecule has 1 saturated heterocycles. The molecule has 1 aliphatic rings. The Labute approximate surface area is 116 Å². The maximum atomic E-state index is 11.2. The number of nitrogens with one attached hydrogen (secondary N) is 1. The fraction of sp³-hybridized carbons (Fsp3) is 0.462. The van der Waals surface area contributed by atoms with Crippen LogP contribution in [0.3, 0.4) is 0 Å². The lowest BCUT2D eigenvalue weighted by molar-refractivity contribution is 0.0999. The average Bonchev–Trinajstić information content (AvgIpc) is 2.26. The topological polar surface area (TPSA) is 58.4 Å². The predicted octanol–water partition coefficient (Wildman–Crippen LogP) is 1.73. The quantitative estimate of drug-likeness (QED) is 0.874. The first kappa shape index (κ1) is 13.4. The maximum absolute atomic E-state index is 11.2. The molecule has 5 heteroatoms. The predicted molar refractivity (Wildman–Crippen MR) is 76.9 cm³/mol. The lowest BCUT2D eigenvalue weighted by atomic mass is 10.1. The van der Waals surface area contributed by atoms with E-state index in [1.807, 2.05) is 12.1 Å². The van der Waals surface area contributed by atoms with E-state index in [1.165, 1.54) is 0 Å². The number of rotatable bonds is 2. The summed E-state index contributed by atoms with van der Waals surface area (Å²) in [7, 11) is 0. The molecule has 1 heterocycles. The largest absolute Gasteiger partial charge is 0.368 e. The number of hydrogen-bond donors (Lipinski definition) is 2. The Hall–Kier alpha value is -1.07. The summed E-state index contributed by atoms with van der Waals surface area (Å²) in [6.07, 6.45) is 0. The molecule has 0 aliphatic carbocycles. The first-order valence-electron chi connectivity index (χ1n) is 6.07. The molecule has 2 unspecified atom stereocenters. The third kappa shape index (κ3) is 2.84. The van der Waals surface area contributed by atoms with E-state index < -0.39 is 5.91 Å². The third-order valence-corrected chi connectivity index (χ3v) is 3.80. The minimum atomic E-state index is -0.407. The molecule has 18 heavy (non-hydrogen) atoms. The smallest absolute Gasteiger partial charge is 0.249 e. The zero-order valence-electron chi connectivity index (χ0n) is 10.6. The molecule has 1 aromatic rings. The highest BCUT2D eigenvalue weighted by Gasteiger charge is 2.21. The van der Waals surface area contributed by atoms with Crippen LogP contribution in [0.5, 0.6) is 0 Å². The van der Waals surface area contributed by atoms with E-state index in [0.717, 1.165) is 23.2 Å². The molecule has 1 fully saturated rings. The van der Waals surface area contributed by atoms with Crippen LogP contribution in [0.4, 0.5) is 5.69 Å². The molecule has 0 spiro atoms. The molecule has 4 nitrogen and oxygen atoms in total. The van der Waals surface area contributed by atoms with Gasteiger partial charge in [0.25, 0.3) is 0 Å². The molecule has 1 amide bonds. The monoisotopic (exact) mass is 311 g/mol. The molecular weight excluding hydrogens is 294 g/mol. The van der Waals surface area contributed by atoms with Gasteiger partial charge in [-0.2, -0.15) is 0 Å². The van der Waals surface area contributed by atoms with Crippen molar-refractivity contribution in [2.45, 2.75) is 25.9 Å². The number of carbonyl (C=O) groups is 1. The van der Waals surface area contributed by atoms with Crippen LogP contribution in [-0.4, -0.2) is 31.1 Å². The molecule has 2 rings (SSSR count). The zero-order chi connectivity index (χ0) is 13.3. The summed E-state index contributed by atoms with van der Waals surface area (Å²) in [4.78, 5) is 13.5. The standard InChI is InChI=1S/C13H18BrN3O/c1-8-6-17(7-9(2)16-8)10-3-4-11(13(15)18)12(14)5-10/h3-5,8-9,16H,6-7H2,1-2H3,(H2,15,18). The van der Waals surface area contributed by atoms with Gasteiger partial charge < -0.3 is 16.0 Å². The van der Waals surface area contributed by atoms with E-state index in [9.17, 15) is 4.79 Å². The van der Waals surface area contributed by atoms with Crippen molar-refractivity contribution in [2.24, 2.45) is 5.73 Å². The van der Waals surface area contributed by atoms with Crippen molar-refractivity contribution in [1.29, 1.82) is 0 Å². The lowest BCUT2D eigenvalue weighted by Gasteiger charge is -2.37. The van der Waals surface area contributed by atoms with Gasteiger partial charge in [0.1, 0.15) is 0 Å². The van der Waals surface area contributed by atoms with E-state index in [-0.39, 0.29) is 0 Å². The molecule has 0 saturated carbocycles. The Kier molecular flexibility index (Phi) is 3.92. The lowest BCUT2D eigenvalue weighted by Crippen LogP contribution is -2.54. The summed E-state index contributed by atoms with van der Waals surface area (Å²) in [5, 5.41) is 3.50. The Morgan fingerprint density at radius 2 is 2.00 bits per heavy atom. The average molecular weight is 312 g/mol. The second-order valence-corrected chi connectivity index (χ2v) is 5.76. The van der Waals surface area contributed by atoms with Crippen molar-refractivity contribution in [1.82, 2.24) is 5.32 Å². The van der Waals surface area contributed by atoms with Gasteiger partial charge in [0.15, 0.2) is 0 Å². The Bertz CT molecular complexity index is 454. The van der Waals surface area contributed by atoms with Crippen LogP contribution in [0.15, 0.2) is 22.7 Å². The van der Waals surface area contributed by atoms with Crippen LogP contribution in [0.1, 0.15) is 24.2 Å². The molecule has 3 N–H and O–H groups in total. The van der Waals surface area contributed by atoms with Crippen LogP contribution in [-0.2, 0) is 0 Å². The molecule has 0 aromatic heterocycles. The molecular formula is C13H18BrN3O. The van der Waals surface area contributed by atoms with Crippen molar-refractivity contribution in [2.75, 3.05) is 18.0 Å². The van der Waals surface area contributed by atoms with Crippen molar-refractivity contribution < 1.29 is 4.79 Å². The van der Waals surface area contributed by atoms with Gasteiger partial charge in [-0.15, -0.1) is 0 Å². The summed E-state index contributed by atoms with van der Waals surface area (Å²) in [6.45, 7) is 6.28. The van der Waals surface area contributed by atoms with E-state index in [1.54, 1.807) is 6.07 Å². The fourth-order valence-corrected chi connectivity index (χ4v) is 3.00. The minimum absolute atomic E-state index is 0.407. The van der Waals surface area contributed by atoms with Crippen LogP contribution in [0.2, 0.25) is 0 Å². The number of carbonyl (C=O) groups excluding carboxylic acids is 1. The van der Waals surface area contributed by atoms with Gasteiger partial charge in [-0.25, -0.2) is 0 Å². The number of hydrogen-bond acceptors (Lipinski definition) is 3. The summed E-state index contributed by atoms with van der Waals surface area (Å²) >= 11 is 3.40. The number of benzene rings is 1. The van der Waals surface area contributed by atoms with Gasteiger partial charge in [0.05, 0.1) is 5.56 Å². The highest BCUT2D eigenvalue weighted by atomic mass is 79.9. The third-order valence-electron chi connectivity index (χ3n) is 3.14. The first-order valence-corrected chi connectivity index (χ1v) is 6.87. The summed E-state index contributed by atoms with van der Waals surface area (Å²) in [6, 6.07) is 6.62. The molecule has 0 bridgehead atoms. The van der Waals surface area contributed by atoms with Crippen molar-refractivity contribution >= 4 is 27.5 Å². The number of halogens is 1. The molecule has 98 valence electrons. The first-order chi connectivity index (χ1) is 8.47. The Morgan fingerprint density at radius 3 is 2.50 bits per heavy atom. The van der Waals surface area contributed by atoms with Gasteiger partial charge in [0.2, 0.25) is 5.91 Å². The van der Waals surface area contributed by atoms with Gasteiger partial charge in [-0.1, -0.05) is 0 Å². The number of piperazine rings is 1. The van der Waals surface area contributed by atoms with Gasteiger partial charge in [-0.05, 0) is 48.0 Å². The molecule has 0 radical (unpaired) electrons. The number of anilines is 1. The van der Waals surface area contributed by atoms with E-state index >= 15 is 0 Å². The van der Waals surface area contributed by atoms with Gasteiger partial charge >= 0.3 is 0 Å². The Balaban J connectivity index is 2.23. The van der Waals surface area contributed by atoms with Crippen LogP contribution < -0.4 is 16.0 Å². The minimum Gasteiger partial charge on any atom is -0.368 e. The molecule has 2 atom stereocenters. The van der Waals surface area contributed by atoms with E-state index in [4.69, 9.17) is 5.73 Å². The molecule has 1 aromatic carbocycles. The second-order valence-electron chi connectivity index (χ2n) is 4.90. The summed E-state index contributed by atoms with van der Waals surface area (Å²) < 4.78 is 0.756. The highest BCUT2D eigenvalue weighted by molar-refractivity contribution is 9.10. The SMILES string of the molecule is CC1CN(c2ccc(C(N)=O)c(Br)c2)CC(C)N1. The van der Waals surface area contributed by atoms with Crippen molar-refractivity contribution in [3.63, 3.8) is 0 Å². The number of primary amides is 1. The van der Waals surface area contributed by atoms with E-state index in [2.05, 4.69) is 40.0 Å². The van der Waals surface area contributed by atoms with Crippen molar-refractivity contribution in [3.05, 3.63) is 28.2 Å². The van der Waals surface area contributed by atoms with E-state index in [0.29, 0.717) is 17.6 Å². The second kappa shape index (κ2) is 5.28. The van der Waals surface area contributed by atoms with Gasteiger partial charge in [0, 0.05) is 35.3 Å². The maximum Gasteiger partial charge on any atom is 0.249 e.